The molecule has 0 unspecified atom stereocenters. The highest BCUT2D eigenvalue weighted by Crippen LogP contribution is 2.30. The van der Waals surface area contributed by atoms with Gasteiger partial charge in [-0.2, -0.15) is 0 Å². The fourth-order valence-electron chi connectivity index (χ4n) is 3.26. The zero-order chi connectivity index (χ0) is 15.2. The number of nitrogens with zero attached hydrogens (tertiary/aromatic N) is 2. The first-order valence-corrected chi connectivity index (χ1v) is 8.26. The van der Waals surface area contributed by atoms with Crippen molar-refractivity contribution in [2.75, 3.05) is 0 Å². The van der Waals surface area contributed by atoms with Crippen molar-refractivity contribution in [1.29, 1.82) is 0 Å². The minimum absolute atomic E-state index is 0.0390. The van der Waals surface area contributed by atoms with Gasteiger partial charge < -0.3 is 5.11 Å². The molecular weight excluding hydrogens is 264 g/mol. The van der Waals surface area contributed by atoms with E-state index in [1.807, 2.05) is 13.8 Å². The molecule has 2 rings (SSSR count). The van der Waals surface area contributed by atoms with Crippen molar-refractivity contribution in [2.24, 2.45) is 0 Å². The fourth-order valence-corrected chi connectivity index (χ4v) is 3.26. The van der Waals surface area contributed by atoms with Gasteiger partial charge in [0, 0.05) is 22.9 Å². The van der Waals surface area contributed by atoms with Gasteiger partial charge in [-0.1, -0.05) is 39.5 Å². The van der Waals surface area contributed by atoms with Crippen LogP contribution in [0.3, 0.4) is 0 Å². The summed E-state index contributed by atoms with van der Waals surface area (Å²) in [5.41, 5.74) is 2.71. The Morgan fingerprint density at radius 3 is 2.00 bits per heavy atom. The number of aryl methyl sites for hydroxylation is 2. The van der Waals surface area contributed by atoms with Crippen LogP contribution in [0.5, 0.6) is 0 Å². The standard InChI is InChI=1S/C17H26N2O2/c1-3-14-13(11-16(20)21)15(4-2)19-17(18-14)12-9-7-5-6-8-10-12/h12H,3-11H2,1-2H3,(H,20,21). The lowest BCUT2D eigenvalue weighted by Gasteiger charge is -2.17. The lowest BCUT2D eigenvalue weighted by molar-refractivity contribution is -0.136. The maximum Gasteiger partial charge on any atom is 0.307 e. The van der Waals surface area contributed by atoms with Crippen molar-refractivity contribution < 1.29 is 9.90 Å². The average Bonchev–Trinajstić information content (AvgIpc) is 2.76. The molecule has 1 aliphatic carbocycles. The molecule has 0 spiro atoms. The number of aromatic nitrogens is 2. The topological polar surface area (TPSA) is 63.1 Å². The van der Waals surface area contributed by atoms with Crippen LogP contribution in [0.2, 0.25) is 0 Å². The molecule has 0 radical (unpaired) electrons. The van der Waals surface area contributed by atoms with Crippen molar-refractivity contribution in [3.05, 3.63) is 22.8 Å². The van der Waals surface area contributed by atoms with Crippen molar-refractivity contribution >= 4 is 5.97 Å². The van der Waals surface area contributed by atoms with Gasteiger partial charge in [-0.15, -0.1) is 0 Å². The number of carbonyl (C=O) groups is 1. The van der Waals surface area contributed by atoms with Gasteiger partial charge in [-0.05, 0) is 25.7 Å². The van der Waals surface area contributed by atoms with Gasteiger partial charge in [-0.3, -0.25) is 4.79 Å². The third kappa shape index (κ3) is 4.02. The highest BCUT2D eigenvalue weighted by Gasteiger charge is 2.21. The molecule has 1 fully saturated rings. The van der Waals surface area contributed by atoms with Crippen LogP contribution in [0.1, 0.15) is 81.1 Å². The molecule has 1 aromatic heterocycles. The molecule has 1 heterocycles. The lowest BCUT2D eigenvalue weighted by atomic mass is 9.97. The average molecular weight is 290 g/mol. The molecule has 0 bridgehead atoms. The van der Waals surface area contributed by atoms with E-state index >= 15 is 0 Å². The molecule has 21 heavy (non-hydrogen) atoms. The van der Waals surface area contributed by atoms with E-state index in [1.54, 1.807) is 0 Å². The van der Waals surface area contributed by atoms with E-state index in [1.165, 1.54) is 38.5 Å². The first kappa shape index (κ1) is 15.9. The van der Waals surface area contributed by atoms with Crippen molar-refractivity contribution in [1.82, 2.24) is 9.97 Å². The summed E-state index contributed by atoms with van der Waals surface area (Å²) in [5.74, 6) is 0.618. The molecule has 4 heteroatoms. The number of carboxylic acids is 1. The Bertz CT molecular complexity index is 467. The Kier molecular flexibility index (Phi) is 5.71. The third-order valence-corrected chi connectivity index (χ3v) is 4.41. The van der Waals surface area contributed by atoms with Crippen LogP contribution in [0.25, 0.3) is 0 Å². The highest BCUT2D eigenvalue weighted by molar-refractivity contribution is 5.71. The minimum Gasteiger partial charge on any atom is -0.481 e. The summed E-state index contributed by atoms with van der Waals surface area (Å²) in [6.07, 6.45) is 9.08. The van der Waals surface area contributed by atoms with Crippen LogP contribution < -0.4 is 0 Å². The number of hydrogen-bond donors (Lipinski definition) is 1. The van der Waals surface area contributed by atoms with Crippen LogP contribution >= 0.6 is 0 Å². The summed E-state index contributed by atoms with van der Waals surface area (Å²) in [6.45, 7) is 4.09. The van der Waals surface area contributed by atoms with Gasteiger partial charge in [0.15, 0.2) is 0 Å². The molecule has 4 nitrogen and oxygen atoms in total. The maximum absolute atomic E-state index is 11.1. The van der Waals surface area contributed by atoms with E-state index in [9.17, 15) is 4.79 Å². The second-order valence-electron chi connectivity index (χ2n) is 5.92. The number of rotatable bonds is 5. The van der Waals surface area contributed by atoms with Crippen LogP contribution in [0, 0.1) is 0 Å². The number of hydrogen-bond acceptors (Lipinski definition) is 3. The number of carboxylic acid groups (broad SMARTS) is 1. The smallest absolute Gasteiger partial charge is 0.307 e. The van der Waals surface area contributed by atoms with E-state index in [-0.39, 0.29) is 6.42 Å². The normalized spacial score (nSPS) is 16.7. The molecule has 0 saturated heterocycles. The largest absolute Gasteiger partial charge is 0.481 e. The number of aliphatic carboxylic acids is 1. The zero-order valence-electron chi connectivity index (χ0n) is 13.2. The van der Waals surface area contributed by atoms with Gasteiger partial charge in [0.2, 0.25) is 0 Å². The molecule has 1 aliphatic rings. The second-order valence-corrected chi connectivity index (χ2v) is 5.92. The second kappa shape index (κ2) is 7.53. The summed E-state index contributed by atoms with van der Waals surface area (Å²) in [5, 5.41) is 9.11. The van der Waals surface area contributed by atoms with E-state index in [2.05, 4.69) is 0 Å². The van der Waals surface area contributed by atoms with E-state index in [0.29, 0.717) is 5.92 Å². The quantitative estimate of drug-likeness (QED) is 0.840. The third-order valence-electron chi connectivity index (χ3n) is 4.41. The molecule has 1 saturated carbocycles. The van der Waals surface area contributed by atoms with Gasteiger partial charge in [0.1, 0.15) is 5.82 Å². The zero-order valence-corrected chi connectivity index (χ0v) is 13.2. The minimum atomic E-state index is -0.801. The lowest BCUT2D eigenvalue weighted by Crippen LogP contribution is -2.15. The van der Waals surface area contributed by atoms with Crippen LogP contribution in [-0.4, -0.2) is 21.0 Å². The monoisotopic (exact) mass is 290 g/mol. The predicted molar refractivity (Wildman–Crippen MR) is 82.6 cm³/mol. The van der Waals surface area contributed by atoms with Gasteiger partial charge in [-0.25, -0.2) is 9.97 Å². The van der Waals surface area contributed by atoms with Crippen LogP contribution in [0.4, 0.5) is 0 Å². The molecule has 1 aromatic rings. The summed E-state index contributed by atoms with van der Waals surface area (Å²) < 4.78 is 0. The predicted octanol–water partition coefficient (Wildman–Crippen LogP) is 3.67. The Balaban J connectivity index is 2.36. The van der Waals surface area contributed by atoms with Gasteiger partial charge in [0.05, 0.1) is 6.42 Å². The van der Waals surface area contributed by atoms with E-state index in [0.717, 1.165) is 35.6 Å². The SMILES string of the molecule is CCc1nc(C2CCCCCC2)nc(CC)c1CC(=O)O. The van der Waals surface area contributed by atoms with Gasteiger partial charge >= 0.3 is 5.97 Å². The fraction of sp³-hybridized carbons (Fsp3) is 0.706. The molecule has 116 valence electrons. The van der Waals surface area contributed by atoms with Crippen LogP contribution in [-0.2, 0) is 24.1 Å². The molecular formula is C17H26N2O2. The van der Waals surface area contributed by atoms with E-state index < -0.39 is 5.97 Å². The summed E-state index contributed by atoms with van der Waals surface area (Å²) in [7, 11) is 0. The van der Waals surface area contributed by atoms with Crippen LogP contribution in [0.15, 0.2) is 0 Å². The van der Waals surface area contributed by atoms with E-state index in [4.69, 9.17) is 15.1 Å². The van der Waals surface area contributed by atoms with Crippen molar-refractivity contribution in [3.8, 4) is 0 Å². The molecule has 0 amide bonds. The Labute approximate surface area is 127 Å². The summed E-state index contributed by atoms with van der Waals surface area (Å²) >= 11 is 0. The summed E-state index contributed by atoms with van der Waals surface area (Å²) in [4.78, 5) is 20.6. The molecule has 0 aliphatic heterocycles. The Hall–Kier alpha value is -1.45. The van der Waals surface area contributed by atoms with Crippen molar-refractivity contribution in [3.63, 3.8) is 0 Å². The molecule has 0 aromatic carbocycles. The Morgan fingerprint density at radius 1 is 1.05 bits per heavy atom. The molecule has 0 atom stereocenters. The first-order valence-electron chi connectivity index (χ1n) is 8.26. The van der Waals surface area contributed by atoms with Crippen molar-refractivity contribution in [2.45, 2.75) is 77.6 Å². The molecule has 1 N–H and O–H groups in total. The maximum atomic E-state index is 11.1. The Morgan fingerprint density at radius 2 is 1.57 bits per heavy atom. The van der Waals surface area contributed by atoms with Gasteiger partial charge in [0.25, 0.3) is 0 Å². The summed E-state index contributed by atoms with van der Waals surface area (Å²) in [6, 6.07) is 0. The first-order chi connectivity index (χ1) is 10.2. The highest BCUT2D eigenvalue weighted by atomic mass is 16.4.